The van der Waals surface area contributed by atoms with Crippen molar-refractivity contribution in [3.63, 3.8) is 0 Å². The Labute approximate surface area is 192 Å². The number of amides is 1. The number of nitrogens with one attached hydrogen (secondary N) is 1. The molecular weight excluding hydrogens is 463 g/mol. The van der Waals surface area contributed by atoms with Crippen LogP contribution in [0.4, 0.5) is 18.9 Å². The summed E-state index contributed by atoms with van der Waals surface area (Å²) in [6, 6.07) is 10.9. The lowest BCUT2D eigenvalue weighted by atomic mass is 9.87. The zero-order valence-corrected chi connectivity index (χ0v) is 19.1. The molecule has 0 atom stereocenters. The van der Waals surface area contributed by atoms with Crippen molar-refractivity contribution in [2.24, 2.45) is 0 Å². The predicted octanol–water partition coefficient (Wildman–Crippen LogP) is 5.36. The third kappa shape index (κ3) is 5.55. The Balaban J connectivity index is 1.69. The van der Waals surface area contributed by atoms with Gasteiger partial charge in [0.05, 0.1) is 17.0 Å². The minimum atomic E-state index is -4.66. The first-order chi connectivity index (χ1) is 14.9. The Morgan fingerprint density at radius 2 is 1.78 bits per heavy atom. The second-order valence-corrected chi connectivity index (χ2v) is 9.41. The fourth-order valence-electron chi connectivity index (χ4n) is 2.87. The zero-order chi connectivity index (χ0) is 23.7. The molecule has 0 aliphatic carbocycles. The van der Waals surface area contributed by atoms with Gasteiger partial charge in [0.25, 0.3) is 0 Å². The summed E-state index contributed by atoms with van der Waals surface area (Å²) in [4.78, 5) is 12.2. The first kappa shape index (κ1) is 23.9. The van der Waals surface area contributed by atoms with E-state index in [1.165, 1.54) is 10.7 Å². The molecule has 3 rings (SSSR count). The molecule has 0 spiro atoms. The Bertz CT molecular complexity index is 1120. The van der Waals surface area contributed by atoms with Crippen molar-refractivity contribution in [2.75, 3.05) is 16.9 Å². The van der Waals surface area contributed by atoms with Crippen LogP contribution in [-0.4, -0.2) is 26.5 Å². The van der Waals surface area contributed by atoms with Gasteiger partial charge in [0.15, 0.2) is 5.82 Å². The average Bonchev–Trinajstić information content (AvgIpc) is 3.07. The number of hydrogen-bond donors (Lipinski definition) is 2. The van der Waals surface area contributed by atoms with Gasteiger partial charge in [-0.05, 0) is 29.2 Å². The number of alkyl halides is 3. The van der Waals surface area contributed by atoms with Crippen LogP contribution in [0.2, 0.25) is 5.02 Å². The second-order valence-electron chi connectivity index (χ2n) is 8.03. The summed E-state index contributed by atoms with van der Waals surface area (Å²) in [5, 5.41) is 10.5. The van der Waals surface area contributed by atoms with E-state index in [4.69, 9.17) is 17.4 Å². The van der Waals surface area contributed by atoms with E-state index in [0.29, 0.717) is 5.82 Å². The summed E-state index contributed by atoms with van der Waals surface area (Å²) in [6.07, 6.45) is -4.66. The molecule has 0 fully saturated rings. The molecule has 170 valence electrons. The number of carbonyl (C=O) groups is 1. The maximum atomic E-state index is 13.2. The van der Waals surface area contributed by atoms with Crippen molar-refractivity contribution in [3.05, 3.63) is 58.6 Å². The summed E-state index contributed by atoms with van der Waals surface area (Å²) in [5.74, 6) is 5.62. The maximum Gasteiger partial charge on any atom is 0.418 e. The number of hydrogen-bond acceptors (Lipinski definition) is 5. The van der Waals surface area contributed by atoms with E-state index in [1.54, 1.807) is 0 Å². The fourth-order valence-corrected chi connectivity index (χ4v) is 3.70. The summed E-state index contributed by atoms with van der Waals surface area (Å²) in [5.41, 5.74) is 0.503. The van der Waals surface area contributed by atoms with Crippen molar-refractivity contribution in [3.8, 4) is 11.4 Å². The van der Waals surface area contributed by atoms with Crippen LogP contribution in [0.1, 0.15) is 31.9 Å². The third-order valence-corrected chi connectivity index (χ3v) is 5.75. The number of nitrogens with two attached hydrogens (primary N) is 1. The molecule has 0 bridgehead atoms. The molecular formula is C21H21ClF3N5OS. The largest absolute Gasteiger partial charge is 0.418 e. The van der Waals surface area contributed by atoms with Crippen LogP contribution in [0, 0.1) is 0 Å². The molecule has 2 aromatic carbocycles. The first-order valence-electron chi connectivity index (χ1n) is 9.47. The van der Waals surface area contributed by atoms with Gasteiger partial charge in [-0.15, -0.1) is 10.2 Å². The molecule has 1 amide bonds. The van der Waals surface area contributed by atoms with E-state index >= 15 is 0 Å². The smallest absolute Gasteiger partial charge is 0.335 e. The lowest BCUT2D eigenvalue weighted by molar-refractivity contribution is -0.137. The molecule has 3 aromatic rings. The molecule has 0 aliphatic rings. The Kier molecular flexibility index (Phi) is 6.75. The van der Waals surface area contributed by atoms with Gasteiger partial charge >= 0.3 is 6.18 Å². The number of thioether (sulfide) groups is 1. The number of benzene rings is 2. The van der Waals surface area contributed by atoms with Crippen LogP contribution in [0.15, 0.2) is 47.6 Å². The van der Waals surface area contributed by atoms with Gasteiger partial charge < -0.3 is 11.2 Å². The van der Waals surface area contributed by atoms with Gasteiger partial charge in [-0.1, -0.05) is 68.4 Å². The maximum absolute atomic E-state index is 13.2. The molecule has 1 aromatic heterocycles. The summed E-state index contributed by atoms with van der Waals surface area (Å²) < 4.78 is 40.8. The van der Waals surface area contributed by atoms with E-state index in [0.717, 1.165) is 35.0 Å². The van der Waals surface area contributed by atoms with Gasteiger partial charge in [0.2, 0.25) is 11.1 Å². The number of nitrogens with zero attached hydrogens (tertiary/aromatic N) is 3. The zero-order valence-electron chi connectivity index (χ0n) is 17.5. The quantitative estimate of drug-likeness (QED) is 0.377. The second kappa shape index (κ2) is 9.03. The fraction of sp³-hybridized carbons (Fsp3) is 0.286. The standard InChI is InChI=1S/C21H21ClF3N5OS/c1-20(2,3)13-6-4-12(5-7-13)18-28-29-19(30(18)26)32-11-17(31)27-16-9-8-14(22)10-15(16)21(23,24)25/h4-10H,11,26H2,1-3H3,(H,27,31). The van der Waals surface area contributed by atoms with Crippen LogP contribution in [0.3, 0.4) is 0 Å². The van der Waals surface area contributed by atoms with E-state index in [-0.39, 0.29) is 27.0 Å². The summed E-state index contributed by atoms with van der Waals surface area (Å²) in [7, 11) is 0. The highest BCUT2D eigenvalue weighted by molar-refractivity contribution is 7.99. The van der Waals surface area contributed by atoms with Gasteiger partial charge in [-0.3, -0.25) is 4.79 Å². The summed E-state index contributed by atoms with van der Waals surface area (Å²) >= 11 is 6.61. The number of carbonyl (C=O) groups excluding carboxylic acids is 1. The molecule has 0 radical (unpaired) electrons. The molecule has 32 heavy (non-hydrogen) atoms. The number of anilines is 1. The van der Waals surface area contributed by atoms with E-state index < -0.39 is 17.6 Å². The number of nitrogen functional groups attached to an aromatic ring is 1. The normalized spacial score (nSPS) is 12.1. The lowest BCUT2D eigenvalue weighted by Gasteiger charge is -2.19. The van der Waals surface area contributed by atoms with Gasteiger partial charge in [-0.25, -0.2) is 4.68 Å². The highest BCUT2D eigenvalue weighted by atomic mass is 35.5. The Hall–Kier alpha value is -2.72. The minimum Gasteiger partial charge on any atom is -0.335 e. The Morgan fingerprint density at radius 1 is 1.12 bits per heavy atom. The third-order valence-electron chi connectivity index (χ3n) is 4.57. The highest BCUT2D eigenvalue weighted by Crippen LogP contribution is 2.36. The van der Waals surface area contributed by atoms with Crippen molar-refractivity contribution in [1.82, 2.24) is 14.9 Å². The van der Waals surface area contributed by atoms with E-state index in [9.17, 15) is 18.0 Å². The van der Waals surface area contributed by atoms with Gasteiger partial charge in [0, 0.05) is 10.6 Å². The first-order valence-corrected chi connectivity index (χ1v) is 10.8. The summed E-state index contributed by atoms with van der Waals surface area (Å²) in [6.45, 7) is 6.32. The van der Waals surface area contributed by atoms with E-state index in [2.05, 4.69) is 36.3 Å². The van der Waals surface area contributed by atoms with Gasteiger partial charge in [-0.2, -0.15) is 13.2 Å². The molecule has 0 aliphatic heterocycles. The van der Waals surface area contributed by atoms with Crippen molar-refractivity contribution in [2.45, 2.75) is 37.5 Å². The minimum absolute atomic E-state index is 0.000637. The molecule has 11 heteroatoms. The SMILES string of the molecule is CC(C)(C)c1ccc(-c2nnc(SCC(=O)Nc3ccc(Cl)cc3C(F)(F)F)n2N)cc1. The highest BCUT2D eigenvalue weighted by Gasteiger charge is 2.34. The van der Waals surface area contributed by atoms with Crippen LogP contribution in [0.25, 0.3) is 11.4 Å². The molecule has 1 heterocycles. The Morgan fingerprint density at radius 3 is 2.38 bits per heavy atom. The predicted molar refractivity (Wildman–Crippen MR) is 120 cm³/mol. The van der Waals surface area contributed by atoms with Crippen molar-refractivity contribution >= 4 is 35.0 Å². The number of aromatic nitrogens is 3. The average molecular weight is 484 g/mol. The molecule has 3 N–H and O–H groups in total. The molecule has 0 saturated heterocycles. The van der Waals surface area contributed by atoms with Crippen LogP contribution in [0.5, 0.6) is 0 Å². The lowest BCUT2D eigenvalue weighted by Crippen LogP contribution is -2.19. The monoisotopic (exact) mass is 483 g/mol. The van der Waals surface area contributed by atoms with Gasteiger partial charge in [0.1, 0.15) is 0 Å². The number of rotatable bonds is 5. The van der Waals surface area contributed by atoms with Crippen LogP contribution >= 0.6 is 23.4 Å². The molecule has 0 saturated carbocycles. The van der Waals surface area contributed by atoms with Crippen molar-refractivity contribution < 1.29 is 18.0 Å². The topological polar surface area (TPSA) is 85.8 Å². The van der Waals surface area contributed by atoms with E-state index in [1.807, 2.05) is 24.3 Å². The molecule has 0 unspecified atom stereocenters. The van der Waals surface area contributed by atoms with Crippen LogP contribution in [-0.2, 0) is 16.4 Å². The van der Waals surface area contributed by atoms with Crippen molar-refractivity contribution in [1.29, 1.82) is 0 Å². The number of halogens is 4. The molecule has 6 nitrogen and oxygen atoms in total. The van der Waals surface area contributed by atoms with Crippen LogP contribution < -0.4 is 11.2 Å².